The van der Waals surface area contributed by atoms with Crippen LogP contribution in [0.4, 0.5) is 5.69 Å². The lowest BCUT2D eigenvalue weighted by molar-refractivity contribution is 0.347. The molecule has 5 nitrogen and oxygen atoms in total. The van der Waals surface area contributed by atoms with Crippen LogP contribution in [0, 0.1) is 6.92 Å². The Kier molecular flexibility index (Phi) is 4.95. The summed E-state index contributed by atoms with van der Waals surface area (Å²) in [5.74, 6) is 0.731. The van der Waals surface area contributed by atoms with Gasteiger partial charge in [-0.2, -0.15) is 0 Å². The van der Waals surface area contributed by atoms with E-state index in [1.165, 1.54) is 0 Å². The van der Waals surface area contributed by atoms with Crippen LogP contribution >= 0.6 is 0 Å². The molecule has 0 spiro atoms. The lowest BCUT2D eigenvalue weighted by Gasteiger charge is -2.39. The molecule has 29 heavy (non-hydrogen) atoms. The maximum Gasteiger partial charge on any atom is 0.241 e. The second-order valence-corrected chi connectivity index (χ2v) is 10.00. The molecule has 2 heterocycles. The molecular weight excluding hydrogens is 384 g/mol. The van der Waals surface area contributed by atoms with Crippen molar-refractivity contribution >= 4 is 15.7 Å². The first kappa shape index (κ1) is 20.0. The largest absolute Gasteiger partial charge is 0.497 e. The highest BCUT2D eigenvalue weighted by Gasteiger charge is 2.54. The van der Waals surface area contributed by atoms with E-state index in [2.05, 4.69) is 16.2 Å². The Morgan fingerprint density at radius 3 is 2.66 bits per heavy atom. The quantitative estimate of drug-likeness (QED) is 0.717. The Morgan fingerprint density at radius 2 is 2.00 bits per heavy atom. The number of rotatable bonds is 6. The molecular formula is C23H28N2O3S. The van der Waals surface area contributed by atoms with Crippen LogP contribution in [0.3, 0.4) is 0 Å². The van der Waals surface area contributed by atoms with Gasteiger partial charge in [-0.25, -0.2) is 13.1 Å². The molecule has 2 aromatic carbocycles. The van der Waals surface area contributed by atoms with Gasteiger partial charge in [0.05, 0.1) is 23.6 Å². The van der Waals surface area contributed by atoms with Crippen molar-refractivity contribution in [2.75, 3.05) is 18.6 Å². The van der Waals surface area contributed by atoms with Gasteiger partial charge in [0.1, 0.15) is 5.75 Å². The predicted molar refractivity (Wildman–Crippen MR) is 116 cm³/mol. The van der Waals surface area contributed by atoms with Crippen LogP contribution in [0.15, 0.2) is 59.5 Å². The smallest absolute Gasteiger partial charge is 0.241 e. The number of methoxy groups -OCH3 is 1. The minimum atomic E-state index is -3.68. The van der Waals surface area contributed by atoms with Crippen LogP contribution in [0.1, 0.15) is 43.4 Å². The molecule has 2 aliphatic heterocycles. The lowest BCUT2D eigenvalue weighted by atomic mass is 9.82. The van der Waals surface area contributed by atoms with E-state index in [9.17, 15) is 8.42 Å². The molecule has 0 saturated carbocycles. The monoisotopic (exact) mass is 412 g/mol. The van der Waals surface area contributed by atoms with Crippen LogP contribution < -0.4 is 14.4 Å². The Labute approximate surface area is 173 Å². The summed E-state index contributed by atoms with van der Waals surface area (Å²) in [6.07, 6.45) is 2.69. The van der Waals surface area contributed by atoms with Gasteiger partial charge in [0.25, 0.3) is 0 Å². The minimum absolute atomic E-state index is 0.287. The lowest BCUT2D eigenvalue weighted by Crippen LogP contribution is -2.50. The Balaban J connectivity index is 1.82. The summed E-state index contributed by atoms with van der Waals surface area (Å²) in [6.45, 7) is 9.01. The van der Waals surface area contributed by atoms with Crippen LogP contribution in [0.2, 0.25) is 0 Å². The zero-order valence-electron chi connectivity index (χ0n) is 17.2. The van der Waals surface area contributed by atoms with Crippen molar-refractivity contribution in [2.24, 2.45) is 0 Å². The average molecular weight is 413 g/mol. The highest BCUT2D eigenvalue weighted by molar-refractivity contribution is 7.89. The van der Waals surface area contributed by atoms with Crippen molar-refractivity contribution < 1.29 is 13.2 Å². The minimum Gasteiger partial charge on any atom is -0.497 e. The molecule has 0 amide bonds. The maximum atomic E-state index is 13.3. The van der Waals surface area contributed by atoms with Crippen LogP contribution in [0.5, 0.6) is 5.75 Å². The molecule has 2 atom stereocenters. The van der Waals surface area contributed by atoms with E-state index in [0.717, 1.165) is 53.9 Å². The summed E-state index contributed by atoms with van der Waals surface area (Å²) in [6, 6.07) is 12.6. The Bertz CT molecular complexity index is 1050. The molecule has 1 fully saturated rings. The molecule has 0 radical (unpaired) electrons. The number of hydrogen-bond acceptors (Lipinski definition) is 4. The van der Waals surface area contributed by atoms with E-state index in [0.29, 0.717) is 0 Å². The number of anilines is 1. The van der Waals surface area contributed by atoms with Crippen LogP contribution in [0.25, 0.3) is 0 Å². The van der Waals surface area contributed by atoms with E-state index in [1.54, 1.807) is 19.2 Å². The molecule has 0 aromatic heterocycles. The van der Waals surface area contributed by atoms with E-state index < -0.39 is 10.0 Å². The fourth-order valence-corrected chi connectivity index (χ4v) is 6.20. The molecule has 0 bridgehead atoms. The zero-order chi connectivity index (χ0) is 20.8. The van der Waals surface area contributed by atoms with Gasteiger partial charge >= 0.3 is 0 Å². The van der Waals surface area contributed by atoms with Gasteiger partial charge in [-0.15, -0.1) is 6.58 Å². The molecule has 4 rings (SSSR count). The number of nitrogens with zero attached hydrogens (tertiary/aromatic N) is 1. The number of hydrogen-bond donors (Lipinski definition) is 1. The third kappa shape index (κ3) is 3.34. The van der Waals surface area contributed by atoms with Gasteiger partial charge in [-0.1, -0.05) is 23.3 Å². The molecule has 1 N–H and O–H groups in total. The highest BCUT2D eigenvalue weighted by atomic mass is 32.2. The molecule has 0 unspecified atom stereocenters. The van der Waals surface area contributed by atoms with Gasteiger partial charge < -0.3 is 9.64 Å². The predicted octanol–water partition coefficient (Wildman–Crippen LogP) is 4.34. The number of benzene rings is 2. The SMILES string of the molecule is C=C(C)C[C@@]12CCCN1c1ccc(OC)cc1[C@H]2NS(=O)(=O)c1ccc(C)cc1. The van der Waals surface area contributed by atoms with E-state index in [4.69, 9.17) is 4.74 Å². The summed E-state index contributed by atoms with van der Waals surface area (Å²) >= 11 is 0. The summed E-state index contributed by atoms with van der Waals surface area (Å²) in [5, 5.41) is 0. The van der Waals surface area contributed by atoms with Crippen molar-refractivity contribution in [1.29, 1.82) is 0 Å². The van der Waals surface area contributed by atoms with Crippen molar-refractivity contribution in [2.45, 2.75) is 49.6 Å². The van der Waals surface area contributed by atoms with E-state index >= 15 is 0 Å². The standard InChI is InChI=1S/C23H28N2O3S/c1-16(2)15-23-12-5-13-25(23)21-11-8-18(28-4)14-20(21)22(23)24-29(26,27)19-9-6-17(3)7-10-19/h6-11,14,22,24H,1,5,12-13,15H2,2-4H3/t22-,23-/m1/s1. The van der Waals surface area contributed by atoms with Crippen molar-refractivity contribution in [3.8, 4) is 5.75 Å². The molecule has 154 valence electrons. The van der Waals surface area contributed by atoms with E-state index in [1.807, 2.05) is 44.2 Å². The molecule has 2 aliphatic rings. The van der Waals surface area contributed by atoms with Crippen LogP contribution in [-0.4, -0.2) is 27.6 Å². The molecule has 0 aliphatic carbocycles. The average Bonchev–Trinajstić information content (AvgIpc) is 3.18. The number of fused-ring (bicyclic) bond motifs is 3. The molecule has 6 heteroatoms. The summed E-state index contributed by atoms with van der Waals surface area (Å²) in [7, 11) is -2.05. The third-order valence-electron chi connectivity index (χ3n) is 6.11. The molecule has 1 saturated heterocycles. The van der Waals surface area contributed by atoms with Gasteiger partial charge in [-0.05, 0) is 69.0 Å². The fraction of sp³-hybridized carbons (Fsp3) is 0.391. The number of sulfonamides is 1. The van der Waals surface area contributed by atoms with Crippen molar-refractivity contribution in [3.63, 3.8) is 0 Å². The normalized spacial score (nSPS) is 23.0. The van der Waals surface area contributed by atoms with Gasteiger partial charge in [0, 0.05) is 12.2 Å². The summed E-state index contributed by atoms with van der Waals surface area (Å²) in [4.78, 5) is 2.66. The van der Waals surface area contributed by atoms with Crippen molar-refractivity contribution in [3.05, 3.63) is 65.7 Å². The highest BCUT2D eigenvalue weighted by Crippen LogP contribution is 2.55. The number of nitrogens with one attached hydrogen (secondary N) is 1. The van der Waals surface area contributed by atoms with Crippen LogP contribution in [-0.2, 0) is 10.0 Å². The topological polar surface area (TPSA) is 58.6 Å². The zero-order valence-corrected chi connectivity index (χ0v) is 18.1. The number of ether oxygens (including phenoxy) is 1. The first-order valence-electron chi connectivity index (χ1n) is 9.96. The van der Waals surface area contributed by atoms with E-state index in [-0.39, 0.29) is 16.5 Å². The first-order chi connectivity index (χ1) is 13.8. The Morgan fingerprint density at radius 1 is 1.28 bits per heavy atom. The first-order valence-corrected chi connectivity index (χ1v) is 11.4. The maximum absolute atomic E-state index is 13.3. The van der Waals surface area contributed by atoms with Gasteiger partial charge in [0.2, 0.25) is 10.0 Å². The Hall–Kier alpha value is -2.31. The number of aryl methyl sites for hydroxylation is 1. The summed E-state index contributed by atoms with van der Waals surface area (Å²) < 4.78 is 35.1. The van der Waals surface area contributed by atoms with Gasteiger partial charge in [0.15, 0.2) is 0 Å². The van der Waals surface area contributed by atoms with Crippen molar-refractivity contribution in [1.82, 2.24) is 4.72 Å². The second kappa shape index (κ2) is 7.18. The fourth-order valence-electron chi connectivity index (χ4n) is 4.91. The second-order valence-electron chi connectivity index (χ2n) is 8.28. The third-order valence-corrected chi connectivity index (χ3v) is 7.55. The summed E-state index contributed by atoms with van der Waals surface area (Å²) in [5.41, 5.74) is 3.80. The van der Waals surface area contributed by atoms with Gasteiger partial charge in [-0.3, -0.25) is 0 Å². The molecule has 2 aromatic rings.